The van der Waals surface area contributed by atoms with Crippen molar-refractivity contribution in [2.24, 2.45) is 0 Å². The van der Waals surface area contributed by atoms with Gasteiger partial charge in [-0.25, -0.2) is 0 Å². The van der Waals surface area contributed by atoms with E-state index in [0.717, 1.165) is 10.9 Å². The molecule has 1 aliphatic heterocycles. The van der Waals surface area contributed by atoms with Crippen molar-refractivity contribution in [2.45, 2.75) is 25.4 Å². The Morgan fingerprint density at radius 2 is 2.20 bits per heavy atom. The molecule has 0 bridgehead atoms. The zero-order chi connectivity index (χ0) is 18.0. The number of benzene rings is 1. The molecular weight excluding hydrogens is 386 g/mol. The molecule has 130 valence electrons. The van der Waals surface area contributed by atoms with Gasteiger partial charge in [-0.3, -0.25) is 9.59 Å². The van der Waals surface area contributed by atoms with Crippen molar-refractivity contribution in [2.75, 3.05) is 11.4 Å². The fourth-order valence-corrected chi connectivity index (χ4v) is 3.37. The fraction of sp³-hybridized carbons (Fsp3) is 0.263. The molecule has 1 aromatic carbocycles. The van der Waals surface area contributed by atoms with Crippen molar-refractivity contribution in [1.82, 2.24) is 0 Å². The number of fused-ring (bicyclic) bond motifs is 1. The summed E-state index contributed by atoms with van der Waals surface area (Å²) >= 11 is 3.37. The van der Waals surface area contributed by atoms with Gasteiger partial charge in [-0.1, -0.05) is 22.9 Å². The smallest absolute Gasteiger partial charge is 0.264 e. The van der Waals surface area contributed by atoms with Gasteiger partial charge in [0.25, 0.3) is 5.91 Å². The van der Waals surface area contributed by atoms with E-state index in [9.17, 15) is 14.7 Å². The van der Waals surface area contributed by atoms with Crippen LogP contribution in [0.3, 0.4) is 0 Å². The summed E-state index contributed by atoms with van der Waals surface area (Å²) in [5.74, 6) is -0.271. The highest BCUT2D eigenvalue weighted by atomic mass is 79.9. The predicted molar refractivity (Wildman–Crippen MR) is 98.0 cm³/mol. The maximum absolute atomic E-state index is 12.8. The number of rotatable bonds is 6. The highest BCUT2D eigenvalue weighted by molar-refractivity contribution is 9.10. The molecule has 0 aliphatic carbocycles. The van der Waals surface area contributed by atoms with E-state index in [0.29, 0.717) is 23.6 Å². The van der Waals surface area contributed by atoms with Crippen molar-refractivity contribution in [3.63, 3.8) is 0 Å². The maximum atomic E-state index is 12.8. The van der Waals surface area contributed by atoms with Crippen LogP contribution in [-0.4, -0.2) is 23.3 Å². The van der Waals surface area contributed by atoms with E-state index in [1.807, 2.05) is 13.0 Å². The highest BCUT2D eigenvalue weighted by Crippen LogP contribution is 2.43. The zero-order valence-corrected chi connectivity index (χ0v) is 15.3. The Morgan fingerprint density at radius 3 is 2.88 bits per heavy atom. The Bertz CT molecular complexity index is 828. The number of aliphatic hydroxyl groups is 1. The lowest BCUT2D eigenvalue weighted by Gasteiger charge is -2.22. The minimum absolute atomic E-state index is 0.313. The third-order valence-corrected chi connectivity index (χ3v) is 4.64. The van der Waals surface area contributed by atoms with Crippen LogP contribution < -0.4 is 4.90 Å². The Kier molecular flexibility index (Phi) is 4.92. The third kappa shape index (κ3) is 3.32. The van der Waals surface area contributed by atoms with E-state index >= 15 is 0 Å². The van der Waals surface area contributed by atoms with Gasteiger partial charge in [0.15, 0.2) is 11.4 Å². The summed E-state index contributed by atoms with van der Waals surface area (Å²) in [6.07, 6.45) is 4.80. The van der Waals surface area contributed by atoms with Crippen molar-refractivity contribution in [3.8, 4) is 0 Å². The van der Waals surface area contributed by atoms with Gasteiger partial charge in [-0.2, -0.15) is 0 Å². The average Bonchev–Trinajstić information content (AvgIpc) is 3.16. The first-order valence-electron chi connectivity index (χ1n) is 8.04. The number of amides is 1. The minimum Gasteiger partial charge on any atom is -0.465 e. The van der Waals surface area contributed by atoms with Gasteiger partial charge in [-0.15, -0.1) is 0 Å². The maximum Gasteiger partial charge on any atom is 0.264 e. The number of nitrogens with zero attached hydrogens (tertiary/aromatic N) is 1. The van der Waals surface area contributed by atoms with Crippen LogP contribution in [-0.2, 0) is 15.2 Å². The van der Waals surface area contributed by atoms with E-state index in [-0.39, 0.29) is 12.2 Å². The number of hydrogen-bond acceptors (Lipinski definition) is 4. The molecule has 2 aromatic rings. The Balaban J connectivity index is 1.90. The second kappa shape index (κ2) is 6.98. The summed E-state index contributed by atoms with van der Waals surface area (Å²) < 4.78 is 5.88. The number of halogens is 1. The van der Waals surface area contributed by atoms with Crippen molar-refractivity contribution in [3.05, 3.63) is 58.5 Å². The molecule has 0 saturated carbocycles. The number of hydrogen-bond donors (Lipinski definition) is 1. The summed E-state index contributed by atoms with van der Waals surface area (Å²) in [5, 5.41) is 11.1. The molecule has 1 N–H and O–H groups in total. The average molecular weight is 404 g/mol. The first-order chi connectivity index (χ1) is 12.0. The number of ketones is 1. The van der Waals surface area contributed by atoms with Crippen molar-refractivity contribution >= 4 is 39.4 Å². The standard InChI is InChI=1S/C19H18BrNO4/c1-2-9-21-17-8-5-13(20)11-16(17)19(24,18(21)23)12-14(22)6-7-15-4-3-10-25-15/h3-8,10-11,24H,2,9,12H2,1H3/b7-6+/t19-/m1/s1. The molecule has 0 spiro atoms. The van der Waals surface area contributed by atoms with E-state index in [1.54, 1.807) is 29.2 Å². The van der Waals surface area contributed by atoms with Gasteiger partial charge < -0.3 is 14.4 Å². The SMILES string of the molecule is CCCN1C(=O)[C@@](O)(CC(=O)/C=C/c2ccco2)c2cc(Br)ccc21. The molecule has 0 saturated heterocycles. The summed E-state index contributed by atoms with van der Waals surface area (Å²) in [6.45, 7) is 2.45. The molecular formula is C19H18BrNO4. The molecule has 0 fully saturated rings. The summed E-state index contributed by atoms with van der Waals surface area (Å²) in [7, 11) is 0. The summed E-state index contributed by atoms with van der Waals surface area (Å²) in [6, 6.07) is 8.74. The molecule has 1 aliphatic rings. The van der Waals surface area contributed by atoms with Gasteiger partial charge in [-0.05, 0) is 48.9 Å². The quantitative estimate of drug-likeness (QED) is 0.747. The van der Waals surface area contributed by atoms with Crippen molar-refractivity contribution in [1.29, 1.82) is 0 Å². The minimum atomic E-state index is -1.85. The van der Waals surface area contributed by atoms with Crippen LogP contribution in [0.15, 0.2) is 51.6 Å². The number of furan rings is 1. The molecule has 25 heavy (non-hydrogen) atoms. The van der Waals surface area contributed by atoms with Crippen LogP contribution in [0.2, 0.25) is 0 Å². The first-order valence-corrected chi connectivity index (χ1v) is 8.84. The molecule has 1 amide bonds. The third-order valence-electron chi connectivity index (χ3n) is 4.15. The molecule has 6 heteroatoms. The monoisotopic (exact) mass is 403 g/mol. The van der Waals surface area contributed by atoms with Crippen LogP contribution >= 0.6 is 15.9 Å². The Labute approximate surface area is 154 Å². The van der Waals surface area contributed by atoms with Crippen LogP contribution in [0.1, 0.15) is 31.1 Å². The second-order valence-electron chi connectivity index (χ2n) is 5.97. The van der Waals surface area contributed by atoms with Gasteiger partial charge in [0.05, 0.1) is 18.4 Å². The van der Waals surface area contributed by atoms with Crippen molar-refractivity contribution < 1.29 is 19.1 Å². The van der Waals surface area contributed by atoms with E-state index < -0.39 is 11.5 Å². The molecule has 1 aromatic heterocycles. The lowest BCUT2D eigenvalue weighted by atomic mass is 9.90. The first kappa shape index (κ1) is 17.6. The molecule has 5 nitrogen and oxygen atoms in total. The molecule has 0 radical (unpaired) electrons. The van der Waals surface area contributed by atoms with Gasteiger partial charge >= 0.3 is 0 Å². The molecule has 0 unspecified atom stereocenters. The topological polar surface area (TPSA) is 70.8 Å². The van der Waals surface area contributed by atoms with Crippen LogP contribution in [0, 0.1) is 0 Å². The molecule has 3 rings (SSSR count). The number of anilines is 1. The molecule has 2 heterocycles. The number of allylic oxidation sites excluding steroid dienone is 1. The van der Waals surface area contributed by atoms with E-state index in [2.05, 4.69) is 15.9 Å². The normalized spacial score (nSPS) is 19.6. The van der Waals surface area contributed by atoms with Gasteiger partial charge in [0.2, 0.25) is 0 Å². The fourth-order valence-electron chi connectivity index (χ4n) is 3.01. The summed E-state index contributed by atoms with van der Waals surface area (Å²) in [4.78, 5) is 26.7. The zero-order valence-electron chi connectivity index (χ0n) is 13.7. The lowest BCUT2D eigenvalue weighted by molar-refractivity contribution is -0.140. The predicted octanol–water partition coefficient (Wildman–Crippen LogP) is 3.66. The van der Waals surface area contributed by atoms with E-state index in [1.165, 1.54) is 18.4 Å². The van der Waals surface area contributed by atoms with Gasteiger partial charge in [0.1, 0.15) is 5.76 Å². The second-order valence-corrected chi connectivity index (χ2v) is 6.89. The Morgan fingerprint density at radius 1 is 1.40 bits per heavy atom. The summed E-state index contributed by atoms with van der Waals surface area (Å²) in [5.41, 5.74) is -0.737. The van der Waals surface area contributed by atoms with E-state index in [4.69, 9.17) is 4.42 Å². The number of carbonyl (C=O) groups is 2. The van der Waals surface area contributed by atoms with Gasteiger partial charge in [0, 0.05) is 16.6 Å². The van der Waals surface area contributed by atoms with Crippen LogP contribution in [0.5, 0.6) is 0 Å². The number of carbonyl (C=O) groups excluding carboxylic acids is 2. The van der Waals surface area contributed by atoms with Crippen LogP contribution in [0.25, 0.3) is 6.08 Å². The molecule has 1 atom stereocenters. The largest absolute Gasteiger partial charge is 0.465 e. The van der Waals surface area contributed by atoms with Crippen LogP contribution in [0.4, 0.5) is 5.69 Å². The Hall–Kier alpha value is -2.18. The highest BCUT2D eigenvalue weighted by Gasteiger charge is 2.50. The lowest BCUT2D eigenvalue weighted by Crippen LogP contribution is -2.41.